The topological polar surface area (TPSA) is 45.5 Å². The number of nitrogens with zero attached hydrogens (tertiary/aromatic N) is 2. The maximum absolute atomic E-state index is 9.41. The van der Waals surface area contributed by atoms with Crippen LogP contribution < -0.4 is 9.47 Å². The molecule has 0 spiro atoms. The minimum Gasteiger partial charge on any atom is -0.497 e. The summed E-state index contributed by atoms with van der Waals surface area (Å²) in [4.78, 5) is 2.20. The Bertz CT molecular complexity index is 448. The lowest BCUT2D eigenvalue weighted by molar-refractivity contribution is 0.285. The van der Waals surface area contributed by atoms with Gasteiger partial charge in [-0.05, 0) is 38.1 Å². The van der Waals surface area contributed by atoms with Gasteiger partial charge in [0.2, 0.25) is 0 Å². The van der Waals surface area contributed by atoms with E-state index in [1.54, 1.807) is 14.2 Å². The van der Waals surface area contributed by atoms with Crippen molar-refractivity contribution in [2.75, 3.05) is 27.3 Å². The summed E-state index contributed by atoms with van der Waals surface area (Å²) in [6.07, 6.45) is 2.33. The molecule has 1 aromatic carbocycles. The molecule has 0 aliphatic carbocycles. The molecule has 2 rings (SSSR count). The summed E-state index contributed by atoms with van der Waals surface area (Å²) in [6.45, 7) is 1.96. The van der Waals surface area contributed by atoms with Gasteiger partial charge in [0.1, 0.15) is 17.5 Å². The molecule has 1 unspecified atom stereocenters. The highest BCUT2D eigenvalue weighted by molar-refractivity contribution is 5.44. The van der Waals surface area contributed by atoms with Crippen LogP contribution in [-0.2, 0) is 0 Å². The Balaban J connectivity index is 2.32. The van der Waals surface area contributed by atoms with Gasteiger partial charge in [-0.3, -0.25) is 4.90 Å². The molecule has 1 heterocycles. The van der Waals surface area contributed by atoms with Crippen LogP contribution in [0.4, 0.5) is 0 Å². The molecule has 0 bridgehead atoms. The van der Waals surface area contributed by atoms with E-state index in [2.05, 4.69) is 11.0 Å². The molecule has 1 aromatic rings. The van der Waals surface area contributed by atoms with E-state index in [1.165, 1.54) is 0 Å². The van der Waals surface area contributed by atoms with Crippen molar-refractivity contribution in [2.45, 2.75) is 18.9 Å². The van der Waals surface area contributed by atoms with Gasteiger partial charge >= 0.3 is 0 Å². The first-order valence-corrected chi connectivity index (χ1v) is 6.15. The standard InChI is InChI=1S/C14H18N2O2/c1-17-11-5-6-12(14(9-11)18-2)13(10-15)16-7-3-4-8-16/h5-6,9,13H,3-4,7-8H2,1-2H3. The summed E-state index contributed by atoms with van der Waals surface area (Å²) in [5, 5.41) is 9.41. The molecule has 1 aliphatic rings. The first kappa shape index (κ1) is 12.7. The van der Waals surface area contributed by atoms with Crippen LogP contribution in [0.15, 0.2) is 18.2 Å². The van der Waals surface area contributed by atoms with Crippen molar-refractivity contribution in [3.8, 4) is 17.6 Å². The predicted molar refractivity (Wildman–Crippen MR) is 68.7 cm³/mol. The minimum atomic E-state index is -0.228. The third-order valence-corrected chi connectivity index (χ3v) is 3.36. The number of nitriles is 1. The molecule has 1 atom stereocenters. The fourth-order valence-electron chi connectivity index (χ4n) is 2.39. The highest BCUT2D eigenvalue weighted by Gasteiger charge is 2.25. The number of likely N-dealkylation sites (tertiary alicyclic amines) is 1. The number of hydrogen-bond acceptors (Lipinski definition) is 4. The maximum Gasteiger partial charge on any atom is 0.128 e. The second-order valence-electron chi connectivity index (χ2n) is 4.38. The van der Waals surface area contributed by atoms with E-state index >= 15 is 0 Å². The van der Waals surface area contributed by atoms with Gasteiger partial charge in [-0.15, -0.1) is 0 Å². The zero-order valence-corrected chi connectivity index (χ0v) is 10.8. The smallest absolute Gasteiger partial charge is 0.128 e. The summed E-state index contributed by atoms with van der Waals surface area (Å²) in [5.41, 5.74) is 0.919. The minimum absolute atomic E-state index is 0.228. The Labute approximate surface area is 108 Å². The van der Waals surface area contributed by atoms with E-state index in [1.807, 2.05) is 18.2 Å². The SMILES string of the molecule is COc1ccc(C(C#N)N2CCCC2)c(OC)c1. The van der Waals surface area contributed by atoms with Crippen LogP contribution >= 0.6 is 0 Å². The van der Waals surface area contributed by atoms with Crippen LogP contribution in [0.25, 0.3) is 0 Å². The second-order valence-corrected chi connectivity index (χ2v) is 4.38. The number of rotatable bonds is 4. The number of hydrogen-bond donors (Lipinski definition) is 0. The van der Waals surface area contributed by atoms with Crippen molar-refractivity contribution in [1.29, 1.82) is 5.26 Å². The molecule has 96 valence electrons. The molecular formula is C14H18N2O2. The average Bonchev–Trinajstić information content (AvgIpc) is 2.94. The summed E-state index contributed by atoms with van der Waals surface area (Å²) in [6, 6.07) is 7.77. The van der Waals surface area contributed by atoms with Gasteiger partial charge in [0, 0.05) is 11.6 Å². The zero-order chi connectivity index (χ0) is 13.0. The van der Waals surface area contributed by atoms with E-state index in [-0.39, 0.29) is 6.04 Å². The summed E-state index contributed by atoms with van der Waals surface area (Å²) >= 11 is 0. The van der Waals surface area contributed by atoms with Crippen LogP contribution in [0.2, 0.25) is 0 Å². The van der Waals surface area contributed by atoms with Crippen molar-refractivity contribution in [3.63, 3.8) is 0 Å². The Morgan fingerprint density at radius 1 is 1.22 bits per heavy atom. The Hall–Kier alpha value is -1.73. The van der Waals surface area contributed by atoms with E-state index < -0.39 is 0 Å². The van der Waals surface area contributed by atoms with Crippen molar-refractivity contribution in [3.05, 3.63) is 23.8 Å². The number of methoxy groups -OCH3 is 2. The average molecular weight is 246 g/mol. The van der Waals surface area contributed by atoms with Crippen LogP contribution in [0.3, 0.4) is 0 Å². The van der Waals surface area contributed by atoms with Crippen molar-refractivity contribution in [1.82, 2.24) is 4.90 Å². The molecule has 0 radical (unpaired) electrons. The van der Waals surface area contributed by atoms with Gasteiger partial charge in [0.25, 0.3) is 0 Å². The van der Waals surface area contributed by atoms with Gasteiger partial charge in [-0.2, -0.15) is 5.26 Å². The first-order valence-electron chi connectivity index (χ1n) is 6.15. The van der Waals surface area contributed by atoms with Crippen LogP contribution in [-0.4, -0.2) is 32.2 Å². The normalized spacial score (nSPS) is 17.2. The van der Waals surface area contributed by atoms with Crippen LogP contribution in [0.1, 0.15) is 24.4 Å². The van der Waals surface area contributed by atoms with E-state index in [4.69, 9.17) is 9.47 Å². The summed E-state index contributed by atoms with van der Waals surface area (Å²) < 4.78 is 10.5. The van der Waals surface area contributed by atoms with E-state index in [0.29, 0.717) is 5.75 Å². The van der Waals surface area contributed by atoms with Gasteiger partial charge in [-0.1, -0.05) is 0 Å². The molecule has 1 fully saturated rings. The highest BCUT2D eigenvalue weighted by atomic mass is 16.5. The molecule has 0 N–H and O–H groups in total. The lowest BCUT2D eigenvalue weighted by Gasteiger charge is -2.23. The number of ether oxygens (including phenoxy) is 2. The lowest BCUT2D eigenvalue weighted by Crippen LogP contribution is -2.24. The molecule has 1 aliphatic heterocycles. The zero-order valence-electron chi connectivity index (χ0n) is 10.8. The molecule has 0 amide bonds. The third-order valence-electron chi connectivity index (χ3n) is 3.36. The largest absolute Gasteiger partial charge is 0.497 e. The highest BCUT2D eigenvalue weighted by Crippen LogP contribution is 2.33. The van der Waals surface area contributed by atoms with Crippen molar-refractivity contribution < 1.29 is 9.47 Å². The maximum atomic E-state index is 9.41. The second kappa shape index (κ2) is 5.74. The Morgan fingerprint density at radius 3 is 2.50 bits per heavy atom. The molecule has 4 nitrogen and oxygen atoms in total. The van der Waals surface area contributed by atoms with Gasteiger partial charge in [0.05, 0.1) is 20.3 Å². The summed E-state index contributed by atoms with van der Waals surface area (Å²) in [7, 11) is 3.24. The van der Waals surface area contributed by atoms with Crippen molar-refractivity contribution >= 4 is 0 Å². The summed E-state index contributed by atoms with van der Waals surface area (Å²) in [5.74, 6) is 1.46. The number of benzene rings is 1. The van der Waals surface area contributed by atoms with Gasteiger partial charge < -0.3 is 9.47 Å². The van der Waals surface area contributed by atoms with Crippen LogP contribution in [0, 0.1) is 11.3 Å². The first-order chi connectivity index (χ1) is 8.80. The van der Waals surface area contributed by atoms with Crippen LogP contribution in [0.5, 0.6) is 11.5 Å². The fourth-order valence-corrected chi connectivity index (χ4v) is 2.39. The molecule has 4 heteroatoms. The van der Waals surface area contributed by atoms with Crippen molar-refractivity contribution in [2.24, 2.45) is 0 Å². The Kier molecular flexibility index (Phi) is 4.06. The third kappa shape index (κ3) is 2.41. The fraction of sp³-hybridized carbons (Fsp3) is 0.500. The molecule has 0 saturated carbocycles. The molecule has 1 saturated heterocycles. The predicted octanol–water partition coefficient (Wildman–Crippen LogP) is 2.36. The van der Waals surface area contributed by atoms with E-state index in [0.717, 1.165) is 37.2 Å². The lowest BCUT2D eigenvalue weighted by atomic mass is 10.1. The monoisotopic (exact) mass is 246 g/mol. The quantitative estimate of drug-likeness (QED) is 0.818. The molecule has 18 heavy (non-hydrogen) atoms. The molecular weight excluding hydrogens is 228 g/mol. The van der Waals surface area contributed by atoms with Gasteiger partial charge in [-0.25, -0.2) is 0 Å². The Morgan fingerprint density at radius 2 is 1.94 bits per heavy atom. The molecule has 0 aromatic heterocycles. The van der Waals surface area contributed by atoms with E-state index in [9.17, 15) is 5.26 Å². The van der Waals surface area contributed by atoms with Gasteiger partial charge in [0.15, 0.2) is 0 Å².